The molecule has 0 spiro atoms. The molecule has 1 fully saturated rings. The average Bonchev–Trinajstić information content (AvgIpc) is 3.21. The van der Waals surface area contributed by atoms with Crippen LogP contribution in [0.4, 0.5) is 10.5 Å². The summed E-state index contributed by atoms with van der Waals surface area (Å²) in [5.74, 6) is -0.344. The number of carbonyl (C=O) groups excluding carboxylic acids is 3. The summed E-state index contributed by atoms with van der Waals surface area (Å²) in [7, 11) is 0.704. The van der Waals surface area contributed by atoms with Crippen molar-refractivity contribution in [1.29, 1.82) is 0 Å². The summed E-state index contributed by atoms with van der Waals surface area (Å²) in [4.78, 5) is 39.7. The van der Waals surface area contributed by atoms with E-state index in [1.165, 1.54) is 33.3 Å². The summed E-state index contributed by atoms with van der Waals surface area (Å²) in [6.45, 7) is 11.9. The molecule has 0 saturated carbocycles. The third-order valence-corrected chi connectivity index (χ3v) is 11.6. The highest BCUT2D eigenvalue weighted by atomic mass is 35.6. The average molecular weight is 628 g/mol. The molecule has 1 aliphatic rings. The first-order chi connectivity index (χ1) is 17.9. The second-order valence-corrected chi connectivity index (χ2v) is 18.0. The van der Waals surface area contributed by atoms with Gasteiger partial charge in [0.05, 0.1) is 44.7 Å². The number of ether oxygens (including phenoxy) is 4. The monoisotopic (exact) mass is 626 g/mol. The van der Waals surface area contributed by atoms with E-state index >= 15 is 0 Å². The van der Waals surface area contributed by atoms with E-state index in [1.807, 2.05) is 0 Å². The number of anilines is 1. The highest BCUT2D eigenvalue weighted by Crippen LogP contribution is 2.38. The van der Waals surface area contributed by atoms with Crippen LogP contribution in [-0.2, 0) is 18.7 Å². The smallest absolute Gasteiger partial charge is 0.411 e. The molecule has 0 bridgehead atoms. The van der Waals surface area contributed by atoms with E-state index in [4.69, 9.17) is 58.2 Å². The molecule has 1 heterocycles. The van der Waals surface area contributed by atoms with Crippen molar-refractivity contribution in [2.45, 2.75) is 68.2 Å². The Labute approximate surface area is 245 Å². The number of alkyl halides is 3. The van der Waals surface area contributed by atoms with Crippen LogP contribution in [0.3, 0.4) is 0 Å². The minimum atomic E-state index is -2.14. The van der Waals surface area contributed by atoms with Crippen molar-refractivity contribution in [2.24, 2.45) is 0 Å². The van der Waals surface area contributed by atoms with Gasteiger partial charge in [-0.25, -0.2) is 4.79 Å². The van der Waals surface area contributed by atoms with Crippen LogP contribution >= 0.6 is 34.8 Å². The maximum absolute atomic E-state index is 14.0. The molecular formula is C25H37Cl3N2O8Si. The normalized spacial score (nSPS) is 18.0. The molecule has 14 heteroatoms. The predicted molar refractivity (Wildman–Crippen MR) is 153 cm³/mol. The van der Waals surface area contributed by atoms with Crippen LogP contribution in [0.15, 0.2) is 12.1 Å². The van der Waals surface area contributed by atoms with E-state index < -0.39 is 42.8 Å². The fourth-order valence-electron chi connectivity index (χ4n) is 3.73. The van der Waals surface area contributed by atoms with Gasteiger partial charge in [-0.05, 0) is 24.2 Å². The van der Waals surface area contributed by atoms with Gasteiger partial charge in [-0.3, -0.25) is 14.9 Å². The van der Waals surface area contributed by atoms with Gasteiger partial charge in [-0.1, -0.05) is 55.6 Å². The first-order valence-electron chi connectivity index (χ1n) is 12.3. The van der Waals surface area contributed by atoms with Gasteiger partial charge in [0.1, 0.15) is 12.7 Å². The van der Waals surface area contributed by atoms with Crippen LogP contribution in [0.25, 0.3) is 0 Å². The Balaban J connectivity index is 2.43. The third kappa shape index (κ3) is 9.31. The molecule has 1 aliphatic heterocycles. The molecule has 220 valence electrons. The number of hydrogen-bond donors (Lipinski definition) is 1. The Hall–Kier alpha value is -1.92. The lowest BCUT2D eigenvalue weighted by Crippen LogP contribution is -2.46. The van der Waals surface area contributed by atoms with Gasteiger partial charge >= 0.3 is 12.1 Å². The van der Waals surface area contributed by atoms with Crippen molar-refractivity contribution in [3.63, 3.8) is 0 Å². The number of nitrogens with one attached hydrogen (secondary N) is 1. The quantitative estimate of drug-likeness (QED) is 0.208. The lowest BCUT2D eigenvalue weighted by atomic mass is 10.1. The van der Waals surface area contributed by atoms with Crippen LogP contribution in [0.1, 0.15) is 44.5 Å². The Morgan fingerprint density at radius 2 is 1.67 bits per heavy atom. The number of nitrogens with zero attached hydrogens (tertiary/aromatic N) is 1. The zero-order chi connectivity index (χ0) is 29.8. The van der Waals surface area contributed by atoms with Crippen molar-refractivity contribution >= 4 is 66.8 Å². The molecule has 1 aromatic carbocycles. The maximum atomic E-state index is 14.0. The molecule has 39 heavy (non-hydrogen) atoms. The van der Waals surface area contributed by atoms with Crippen LogP contribution in [0, 0.1) is 0 Å². The first-order valence-corrected chi connectivity index (χ1v) is 16.3. The summed E-state index contributed by atoms with van der Waals surface area (Å²) in [6.07, 6.45) is -1.05. The molecular weight excluding hydrogens is 591 g/mol. The van der Waals surface area contributed by atoms with E-state index in [9.17, 15) is 14.4 Å². The van der Waals surface area contributed by atoms with Gasteiger partial charge in [-0.2, -0.15) is 0 Å². The summed E-state index contributed by atoms with van der Waals surface area (Å²) in [6, 6.07) is 2.51. The maximum Gasteiger partial charge on any atom is 0.411 e. The number of amides is 2. The molecule has 1 N–H and O–H groups in total. The van der Waals surface area contributed by atoms with E-state index in [0.717, 1.165) is 0 Å². The lowest BCUT2D eigenvalue weighted by molar-refractivity contribution is -0.145. The number of rotatable bonds is 9. The van der Waals surface area contributed by atoms with E-state index in [-0.39, 0.29) is 47.0 Å². The molecule has 2 amide bonds. The van der Waals surface area contributed by atoms with Crippen molar-refractivity contribution in [1.82, 2.24) is 4.90 Å². The molecule has 2 rings (SSSR count). The number of hydrogen-bond acceptors (Lipinski definition) is 8. The standard InChI is InChI=1S/C25H37Cl3N2O8Si/c1-15(31)38-17-9-16(13-37-39(7,8)24(2,3)4)30(12-17)22(32)18-10-20(34-5)21(35-6)11-19(18)29-23(33)36-14-25(26,27)28/h10-11,16-17H,9,12-14H2,1-8H3,(H,29,33)/t16-,17+/m0/s1. The van der Waals surface area contributed by atoms with Crippen LogP contribution in [0.2, 0.25) is 18.1 Å². The largest absolute Gasteiger partial charge is 0.493 e. The van der Waals surface area contributed by atoms with E-state index in [1.54, 1.807) is 4.90 Å². The van der Waals surface area contributed by atoms with Crippen LogP contribution in [-0.4, -0.2) is 81.1 Å². The Morgan fingerprint density at radius 1 is 1.08 bits per heavy atom. The number of carbonyl (C=O) groups is 3. The van der Waals surface area contributed by atoms with Gasteiger partial charge < -0.3 is 28.3 Å². The molecule has 1 aromatic rings. The summed E-state index contributed by atoms with van der Waals surface area (Å²) >= 11 is 17.0. The van der Waals surface area contributed by atoms with Crippen LogP contribution in [0.5, 0.6) is 11.5 Å². The highest BCUT2D eigenvalue weighted by Gasteiger charge is 2.42. The van der Waals surface area contributed by atoms with Crippen molar-refractivity contribution in [3.05, 3.63) is 17.7 Å². The number of benzene rings is 1. The predicted octanol–water partition coefficient (Wildman–Crippen LogP) is 5.79. The van der Waals surface area contributed by atoms with Crippen molar-refractivity contribution in [2.75, 3.05) is 39.3 Å². The SMILES string of the molecule is COc1cc(NC(=O)OCC(Cl)(Cl)Cl)c(C(=O)N2C[C@H](OC(C)=O)C[C@H]2CO[Si](C)(C)C(C)(C)C)cc1OC. The van der Waals surface area contributed by atoms with Gasteiger partial charge in [0, 0.05) is 19.4 Å². The number of halogens is 3. The summed E-state index contributed by atoms with van der Waals surface area (Å²) in [5, 5.41) is 2.48. The molecule has 0 aromatic heterocycles. The third-order valence-electron chi connectivity index (χ3n) is 6.77. The second kappa shape index (κ2) is 13.2. The lowest BCUT2D eigenvalue weighted by Gasteiger charge is -2.38. The molecule has 10 nitrogen and oxygen atoms in total. The minimum absolute atomic E-state index is 0.0385. The number of likely N-dealkylation sites (tertiary alicyclic amines) is 1. The molecule has 1 saturated heterocycles. The van der Waals surface area contributed by atoms with E-state index in [2.05, 4.69) is 39.2 Å². The summed E-state index contributed by atoms with van der Waals surface area (Å²) < 4.78 is 25.8. The zero-order valence-electron chi connectivity index (χ0n) is 23.5. The fourth-order valence-corrected chi connectivity index (χ4v) is 4.93. The topological polar surface area (TPSA) is 113 Å². The molecule has 0 radical (unpaired) electrons. The molecule has 2 atom stereocenters. The Bertz CT molecular complexity index is 1060. The molecule has 0 unspecified atom stereocenters. The number of esters is 1. The highest BCUT2D eigenvalue weighted by molar-refractivity contribution is 6.74. The first kappa shape index (κ1) is 33.3. The van der Waals surface area contributed by atoms with Crippen molar-refractivity contribution in [3.8, 4) is 11.5 Å². The van der Waals surface area contributed by atoms with Gasteiger partial charge in [0.25, 0.3) is 5.91 Å². The van der Waals surface area contributed by atoms with Gasteiger partial charge in [-0.15, -0.1) is 0 Å². The number of methoxy groups -OCH3 is 2. The van der Waals surface area contributed by atoms with E-state index in [0.29, 0.717) is 6.42 Å². The zero-order valence-corrected chi connectivity index (χ0v) is 26.8. The second-order valence-electron chi connectivity index (χ2n) is 10.7. The fraction of sp³-hybridized carbons (Fsp3) is 0.640. The van der Waals surface area contributed by atoms with Crippen molar-refractivity contribution < 1.29 is 37.8 Å². The van der Waals surface area contributed by atoms with Crippen LogP contribution < -0.4 is 14.8 Å². The molecule has 0 aliphatic carbocycles. The minimum Gasteiger partial charge on any atom is -0.493 e. The van der Waals surface area contributed by atoms with Gasteiger partial charge in [0.15, 0.2) is 19.8 Å². The Morgan fingerprint density at radius 3 is 2.18 bits per heavy atom. The van der Waals surface area contributed by atoms with Gasteiger partial charge in [0.2, 0.25) is 3.79 Å². The summed E-state index contributed by atoms with van der Waals surface area (Å²) in [5.41, 5.74) is 0.186. The Kier molecular flexibility index (Phi) is 11.2.